The first-order valence-corrected chi connectivity index (χ1v) is 10.4. The summed E-state index contributed by atoms with van der Waals surface area (Å²) in [4.78, 5) is 32.8. The van der Waals surface area contributed by atoms with E-state index in [1.54, 1.807) is 24.3 Å². The van der Waals surface area contributed by atoms with Gasteiger partial charge in [-0.3, -0.25) is 10.1 Å². The van der Waals surface area contributed by atoms with Gasteiger partial charge in [0.1, 0.15) is 22.9 Å². The summed E-state index contributed by atoms with van der Waals surface area (Å²) in [5.41, 5.74) is 0.190. The predicted octanol–water partition coefficient (Wildman–Crippen LogP) is 5.07. The van der Waals surface area contributed by atoms with Gasteiger partial charge in [-0.2, -0.15) is 0 Å². The molecule has 2 heterocycles. The summed E-state index contributed by atoms with van der Waals surface area (Å²) in [6.07, 6.45) is 1.46. The minimum Gasteiger partial charge on any atom is -0.452 e. The van der Waals surface area contributed by atoms with Crippen LogP contribution in [0.25, 0.3) is 11.3 Å². The maximum Gasteiger partial charge on any atom is 0.344 e. The molecule has 4 aromatic rings. The number of nitrogens with zero attached hydrogens (tertiary/aromatic N) is 2. The average molecular weight is 467 g/mol. The Morgan fingerprint density at radius 1 is 1.03 bits per heavy atom. The molecule has 0 fully saturated rings. The molecule has 7 nitrogen and oxygen atoms in total. The summed E-state index contributed by atoms with van der Waals surface area (Å²) in [5.74, 6) is -2.18. The van der Waals surface area contributed by atoms with Crippen molar-refractivity contribution in [3.05, 3.63) is 89.4 Å². The van der Waals surface area contributed by atoms with Crippen molar-refractivity contribution in [3.8, 4) is 22.9 Å². The molecule has 1 N–H and O–H groups in total. The number of esters is 1. The molecule has 0 spiro atoms. The van der Waals surface area contributed by atoms with Gasteiger partial charge >= 0.3 is 5.97 Å². The number of anilines is 1. The number of aromatic nitrogens is 2. The van der Waals surface area contributed by atoms with E-state index >= 15 is 0 Å². The third-order valence-corrected chi connectivity index (χ3v) is 5.00. The van der Waals surface area contributed by atoms with Crippen LogP contribution in [0.5, 0.6) is 11.6 Å². The zero-order chi connectivity index (χ0) is 23.2. The summed E-state index contributed by atoms with van der Waals surface area (Å²) in [7, 11) is 0. The minimum absolute atomic E-state index is 0.0271. The van der Waals surface area contributed by atoms with E-state index < -0.39 is 30.1 Å². The van der Waals surface area contributed by atoms with Crippen LogP contribution in [0.4, 0.5) is 13.9 Å². The molecular weight excluding hydrogens is 452 g/mol. The third kappa shape index (κ3) is 5.55. The van der Waals surface area contributed by atoms with Crippen molar-refractivity contribution in [3.63, 3.8) is 0 Å². The summed E-state index contributed by atoms with van der Waals surface area (Å²) in [5, 5.41) is 4.07. The van der Waals surface area contributed by atoms with Crippen LogP contribution in [0.1, 0.15) is 10.4 Å². The second-order valence-corrected chi connectivity index (χ2v) is 7.42. The van der Waals surface area contributed by atoms with E-state index in [9.17, 15) is 18.4 Å². The van der Waals surface area contributed by atoms with Gasteiger partial charge in [0.25, 0.3) is 5.91 Å². The number of nitrogens with one attached hydrogen (secondary N) is 1. The average Bonchev–Trinajstić information content (AvgIpc) is 3.28. The van der Waals surface area contributed by atoms with E-state index in [0.29, 0.717) is 5.75 Å². The van der Waals surface area contributed by atoms with Gasteiger partial charge in [-0.15, -0.1) is 11.3 Å². The van der Waals surface area contributed by atoms with Gasteiger partial charge < -0.3 is 9.47 Å². The molecule has 0 aliphatic heterocycles. The highest BCUT2D eigenvalue weighted by atomic mass is 32.1. The second kappa shape index (κ2) is 9.96. The van der Waals surface area contributed by atoms with Crippen LogP contribution in [0.15, 0.2) is 72.2 Å². The maximum atomic E-state index is 13.9. The Morgan fingerprint density at radius 3 is 2.67 bits per heavy atom. The fourth-order valence-corrected chi connectivity index (χ4v) is 3.47. The van der Waals surface area contributed by atoms with E-state index in [1.165, 1.54) is 23.7 Å². The van der Waals surface area contributed by atoms with Crippen LogP contribution in [0, 0.1) is 11.6 Å². The number of thiazole rings is 1. The SMILES string of the molecule is O=C(COC(=O)c1cccnc1Oc1ccccc1)Nc1nc(-c2cc(F)ccc2F)cs1. The minimum atomic E-state index is -0.800. The smallest absolute Gasteiger partial charge is 0.344 e. The monoisotopic (exact) mass is 467 g/mol. The van der Waals surface area contributed by atoms with E-state index in [4.69, 9.17) is 9.47 Å². The van der Waals surface area contributed by atoms with Gasteiger partial charge in [0.2, 0.25) is 5.88 Å². The highest BCUT2D eigenvalue weighted by molar-refractivity contribution is 7.14. The number of hydrogen-bond donors (Lipinski definition) is 1. The number of carbonyl (C=O) groups is 2. The van der Waals surface area contributed by atoms with E-state index in [1.807, 2.05) is 6.07 Å². The largest absolute Gasteiger partial charge is 0.452 e. The van der Waals surface area contributed by atoms with Gasteiger partial charge in [0.05, 0.1) is 5.69 Å². The van der Waals surface area contributed by atoms with Crippen LogP contribution in [0.2, 0.25) is 0 Å². The Hall–Kier alpha value is -4.18. The molecule has 0 saturated carbocycles. The lowest BCUT2D eigenvalue weighted by Crippen LogP contribution is -2.21. The number of rotatable bonds is 7. The Bertz CT molecular complexity index is 1300. The molecule has 4 rings (SSSR count). The van der Waals surface area contributed by atoms with Crippen LogP contribution < -0.4 is 10.1 Å². The molecule has 0 radical (unpaired) electrons. The zero-order valence-corrected chi connectivity index (χ0v) is 17.6. The van der Waals surface area contributed by atoms with E-state index in [0.717, 1.165) is 29.5 Å². The standard InChI is InChI=1S/C23H15F2N3O4S/c24-14-8-9-18(25)17(11-14)19-13-33-23(27-19)28-20(29)12-31-22(30)16-7-4-10-26-21(16)32-15-5-2-1-3-6-15/h1-11,13H,12H2,(H,27,28,29). The molecule has 33 heavy (non-hydrogen) atoms. The number of benzene rings is 2. The normalized spacial score (nSPS) is 10.5. The zero-order valence-electron chi connectivity index (χ0n) is 16.8. The Kier molecular flexibility index (Phi) is 6.65. The first-order chi connectivity index (χ1) is 16.0. The number of halogens is 2. The fraction of sp³-hybridized carbons (Fsp3) is 0.0435. The lowest BCUT2D eigenvalue weighted by Gasteiger charge is -2.09. The van der Waals surface area contributed by atoms with Gasteiger partial charge in [0, 0.05) is 17.1 Å². The van der Waals surface area contributed by atoms with Crippen LogP contribution >= 0.6 is 11.3 Å². The van der Waals surface area contributed by atoms with Crippen molar-refractivity contribution in [1.82, 2.24) is 9.97 Å². The number of hydrogen-bond acceptors (Lipinski definition) is 7. The highest BCUT2D eigenvalue weighted by Gasteiger charge is 2.18. The molecule has 10 heteroatoms. The summed E-state index contributed by atoms with van der Waals surface area (Å²) >= 11 is 1.02. The van der Waals surface area contributed by atoms with Crippen LogP contribution in [-0.2, 0) is 9.53 Å². The van der Waals surface area contributed by atoms with Crippen molar-refractivity contribution in [2.45, 2.75) is 0 Å². The summed E-state index contributed by atoms with van der Waals surface area (Å²) in [6, 6.07) is 14.8. The number of ether oxygens (including phenoxy) is 2. The first kappa shape index (κ1) is 22.0. The van der Waals surface area contributed by atoms with Crippen molar-refractivity contribution in [1.29, 1.82) is 0 Å². The molecule has 2 aromatic carbocycles. The maximum absolute atomic E-state index is 13.9. The third-order valence-electron chi connectivity index (χ3n) is 4.24. The molecule has 166 valence electrons. The molecule has 0 bridgehead atoms. The quantitative estimate of drug-likeness (QED) is 0.382. The Labute approximate surface area is 190 Å². The molecule has 0 saturated heterocycles. The van der Waals surface area contributed by atoms with Crippen molar-refractivity contribution in [2.24, 2.45) is 0 Å². The van der Waals surface area contributed by atoms with Crippen molar-refractivity contribution < 1.29 is 27.8 Å². The highest BCUT2D eigenvalue weighted by Crippen LogP contribution is 2.28. The van der Waals surface area contributed by atoms with Gasteiger partial charge in [-0.05, 0) is 42.5 Å². The Morgan fingerprint density at radius 2 is 1.85 bits per heavy atom. The van der Waals surface area contributed by atoms with Crippen molar-refractivity contribution >= 4 is 28.3 Å². The molecular formula is C23H15F2N3O4S. The number of para-hydroxylation sites is 1. The summed E-state index contributed by atoms with van der Waals surface area (Å²) < 4.78 is 38.0. The Balaban J connectivity index is 1.37. The fourth-order valence-electron chi connectivity index (χ4n) is 2.74. The van der Waals surface area contributed by atoms with Gasteiger partial charge in [-0.1, -0.05) is 18.2 Å². The molecule has 0 unspecified atom stereocenters. The molecule has 1 amide bonds. The lowest BCUT2D eigenvalue weighted by molar-refractivity contribution is -0.119. The number of amides is 1. The predicted molar refractivity (Wildman–Crippen MR) is 117 cm³/mol. The molecule has 0 atom stereocenters. The topological polar surface area (TPSA) is 90.4 Å². The first-order valence-electron chi connectivity index (χ1n) is 9.55. The summed E-state index contributed by atoms with van der Waals surface area (Å²) in [6.45, 7) is -0.595. The lowest BCUT2D eigenvalue weighted by atomic mass is 10.1. The molecule has 2 aromatic heterocycles. The molecule has 0 aliphatic rings. The van der Waals surface area contributed by atoms with E-state index in [-0.39, 0.29) is 27.8 Å². The number of pyridine rings is 1. The van der Waals surface area contributed by atoms with Crippen LogP contribution in [0.3, 0.4) is 0 Å². The van der Waals surface area contributed by atoms with E-state index in [2.05, 4.69) is 15.3 Å². The number of carbonyl (C=O) groups excluding carboxylic acids is 2. The second-order valence-electron chi connectivity index (χ2n) is 6.56. The van der Waals surface area contributed by atoms with Gasteiger partial charge in [-0.25, -0.2) is 23.5 Å². The molecule has 0 aliphatic carbocycles. The van der Waals surface area contributed by atoms with Crippen molar-refractivity contribution in [2.75, 3.05) is 11.9 Å². The van der Waals surface area contributed by atoms with Gasteiger partial charge in [0.15, 0.2) is 11.7 Å². The van der Waals surface area contributed by atoms with Crippen LogP contribution in [-0.4, -0.2) is 28.5 Å².